The van der Waals surface area contributed by atoms with E-state index in [1.165, 1.54) is 0 Å². The minimum atomic E-state index is 0.681. The first-order chi connectivity index (χ1) is 3.30. The summed E-state index contributed by atoms with van der Waals surface area (Å²) in [5.74, 6) is 0. The van der Waals surface area contributed by atoms with Crippen molar-refractivity contribution in [1.82, 2.24) is 3.11 Å². The number of ether oxygens (including phenoxy) is 1. The lowest BCUT2D eigenvalue weighted by Gasteiger charge is -2.29. The summed E-state index contributed by atoms with van der Waals surface area (Å²) in [7, 11) is 2.06. The van der Waals surface area contributed by atoms with Gasteiger partial charge in [-0.1, -0.05) is 0 Å². The normalized spacial score (nSPS) is 22.7. The van der Waals surface area contributed by atoms with Crippen molar-refractivity contribution < 1.29 is 4.74 Å². The number of hydrogen-bond acceptors (Lipinski definition) is 2. The van der Waals surface area contributed by atoms with Crippen LogP contribution in [-0.2, 0) is 4.74 Å². The highest BCUT2D eigenvalue weighted by atomic mass is 127. The van der Waals surface area contributed by atoms with Gasteiger partial charge in [0.1, 0.15) is 0 Å². The van der Waals surface area contributed by atoms with Gasteiger partial charge in [-0.2, -0.15) is 0 Å². The number of hydrogen-bond donors (Lipinski definition) is 0. The zero-order chi connectivity index (χ0) is 5.28. The van der Waals surface area contributed by atoms with E-state index in [1.807, 2.05) is 0 Å². The fraction of sp³-hybridized carbons (Fsp3) is 1.00. The van der Waals surface area contributed by atoms with Gasteiger partial charge < -0.3 is 4.74 Å². The molecular weight excluding hydrogens is 205 g/mol. The van der Waals surface area contributed by atoms with Crippen molar-refractivity contribution in [3.05, 3.63) is 0 Å². The first kappa shape index (κ1) is 5.78. The van der Waals surface area contributed by atoms with Crippen LogP contribution >= 0.6 is 22.9 Å². The molecule has 1 aliphatic rings. The lowest BCUT2D eigenvalue weighted by Crippen LogP contribution is -2.42. The first-order valence-electron chi connectivity index (χ1n) is 2.27. The van der Waals surface area contributed by atoms with E-state index >= 15 is 0 Å². The third-order valence-electron chi connectivity index (χ3n) is 1.12. The molecule has 42 valence electrons. The predicted octanol–water partition coefficient (Wildman–Crippen LogP) is 0.667. The molecule has 2 nitrogen and oxygen atoms in total. The highest BCUT2D eigenvalue weighted by Crippen LogP contribution is 2.10. The maximum atomic E-state index is 4.95. The molecule has 1 fully saturated rings. The first-order valence-corrected chi connectivity index (χ1v) is 3.23. The van der Waals surface area contributed by atoms with E-state index in [9.17, 15) is 0 Å². The lowest BCUT2D eigenvalue weighted by atomic mass is 10.3. The molecule has 0 N–H and O–H groups in total. The molecule has 0 spiro atoms. The lowest BCUT2D eigenvalue weighted by molar-refractivity contribution is -0.0228. The standard InChI is InChI=1S/C4H8INO/c1-6(5)4-2-7-3-4/h4H,2-3H2,1H3. The van der Waals surface area contributed by atoms with Gasteiger partial charge in [0, 0.05) is 22.9 Å². The van der Waals surface area contributed by atoms with Crippen LogP contribution in [0.25, 0.3) is 0 Å². The van der Waals surface area contributed by atoms with Crippen LogP contribution in [0.15, 0.2) is 0 Å². The fourth-order valence-electron chi connectivity index (χ4n) is 0.429. The van der Waals surface area contributed by atoms with Crippen molar-refractivity contribution in [3.63, 3.8) is 0 Å². The maximum absolute atomic E-state index is 4.95. The quantitative estimate of drug-likeness (QED) is 0.468. The molecular formula is C4H8INO. The van der Waals surface area contributed by atoms with Crippen LogP contribution in [0.4, 0.5) is 0 Å². The van der Waals surface area contributed by atoms with Crippen LogP contribution in [-0.4, -0.2) is 29.4 Å². The zero-order valence-electron chi connectivity index (χ0n) is 4.22. The van der Waals surface area contributed by atoms with Crippen molar-refractivity contribution >= 4 is 22.9 Å². The van der Waals surface area contributed by atoms with Gasteiger partial charge in [-0.15, -0.1) is 0 Å². The molecule has 3 heteroatoms. The summed E-state index contributed by atoms with van der Waals surface area (Å²) in [5, 5.41) is 0. The summed E-state index contributed by atoms with van der Waals surface area (Å²) in [5.41, 5.74) is 0. The number of halogens is 1. The predicted molar refractivity (Wildman–Crippen MR) is 36.4 cm³/mol. The zero-order valence-corrected chi connectivity index (χ0v) is 6.38. The average Bonchev–Trinajstić information content (AvgIpc) is 1.23. The summed E-state index contributed by atoms with van der Waals surface area (Å²) in [6.45, 7) is 1.83. The van der Waals surface area contributed by atoms with Gasteiger partial charge in [0.2, 0.25) is 0 Å². The Morgan fingerprint density at radius 3 is 2.29 bits per heavy atom. The Morgan fingerprint density at radius 2 is 2.29 bits per heavy atom. The minimum Gasteiger partial charge on any atom is -0.378 e. The monoisotopic (exact) mass is 213 g/mol. The van der Waals surface area contributed by atoms with E-state index < -0.39 is 0 Å². The number of rotatable bonds is 1. The van der Waals surface area contributed by atoms with Crippen LogP contribution in [0.3, 0.4) is 0 Å². The molecule has 0 aromatic carbocycles. The molecule has 0 radical (unpaired) electrons. The highest BCUT2D eigenvalue weighted by Gasteiger charge is 2.20. The Kier molecular flexibility index (Phi) is 1.88. The van der Waals surface area contributed by atoms with E-state index in [1.54, 1.807) is 0 Å². The van der Waals surface area contributed by atoms with Gasteiger partial charge >= 0.3 is 0 Å². The Labute approximate surface area is 57.3 Å². The van der Waals surface area contributed by atoms with Gasteiger partial charge in [-0.3, -0.25) is 0 Å². The van der Waals surface area contributed by atoms with Crippen LogP contribution in [0.1, 0.15) is 0 Å². The number of nitrogens with zero attached hydrogens (tertiary/aromatic N) is 1. The molecule has 1 heterocycles. The van der Waals surface area contributed by atoms with Gasteiger partial charge in [0.15, 0.2) is 0 Å². The molecule has 1 saturated heterocycles. The third kappa shape index (κ3) is 1.27. The Hall–Kier alpha value is 0.650. The molecule has 0 aliphatic carbocycles. The Bertz CT molecular complexity index is 62.7. The smallest absolute Gasteiger partial charge is 0.0658 e. The van der Waals surface area contributed by atoms with E-state index in [0.717, 1.165) is 13.2 Å². The largest absolute Gasteiger partial charge is 0.378 e. The van der Waals surface area contributed by atoms with Gasteiger partial charge in [0.25, 0.3) is 0 Å². The van der Waals surface area contributed by atoms with Crippen molar-refractivity contribution in [2.45, 2.75) is 6.04 Å². The number of likely N-dealkylation sites (N-methyl/N-ethyl adjacent to an activating group) is 1. The van der Waals surface area contributed by atoms with Crippen molar-refractivity contribution in [2.24, 2.45) is 0 Å². The van der Waals surface area contributed by atoms with Gasteiger partial charge in [0.05, 0.1) is 19.3 Å². The van der Waals surface area contributed by atoms with Crippen molar-refractivity contribution in [2.75, 3.05) is 20.3 Å². The second-order valence-electron chi connectivity index (χ2n) is 1.72. The molecule has 7 heavy (non-hydrogen) atoms. The molecule has 0 aromatic rings. The second kappa shape index (κ2) is 2.28. The summed E-state index contributed by atoms with van der Waals surface area (Å²) in [6, 6.07) is 0.681. The molecule has 0 aromatic heterocycles. The maximum Gasteiger partial charge on any atom is 0.0658 e. The second-order valence-corrected chi connectivity index (χ2v) is 3.24. The molecule has 0 saturated carbocycles. The Balaban J connectivity index is 2.14. The van der Waals surface area contributed by atoms with E-state index in [-0.39, 0.29) is 0 Å². The molecule has 0 atom stereocenters. The van der Waals surface area contributed by atoms with Crippen molar-refractivity contribution in [3.8, 4) is 0 Å². The molecule has 0 amide bonds. The molecule has 1 aliphatic heterocycles. The van der Waals surface area contributed by atoms with E-state index in [2.05, 4.69) is 33.0 Å². The van der Waals surface area contributed by atoms with E-state index in [0.29, 0.717) is 6.04 Å². The SMILES string of the molecule is CN(I)C1COC1. The Morgan fingerprint density at radius 1 is 1.71 bits per heavy atom. The summed E-state index contributed by atoms with van der Waals surface area (Å²) in [4.78, 5) is 0. The third-order valence-corrected chi connectivity index (χ3v) is 1.91. The van der Waals surface area contributed by atoms with E-state index in [4.69, 9.17) is 4.74 Å². The van der Waals surface area contributed by atoms with Crippen LogP contribution in [0.5, 0.6) is 0 Å². The highest BCUT2D eigenvalue weighted by molar-refractivity contribution is 14.1. The minimum absolute atomic E-state index is 0.681. The topological polar surface area (TPSA) is 12.5 Å². The molecule has 0 bridgehead atoms. The van der Waals surface area contributed by atoms with Crippen LogP contribution in [0.2, 0.25) is 0 Å². The summed E-state index contributed by atoms with van der Waals surface area (Å²) < 4.78 is 7.10. The fourth-order valence-corrected chi connectivity index (χ4v) is 0.750. The molecule has 0 unspecified atom stereocenters. The average molecular weight is 213 g/mol. The van der Waals surface area contributed by atoms with Gasteiger partial charge in [-0.05, 0) is 7.05 Å². The summed E-state index contributed by atoms with van der Waals surface area (Å²) in [6.07, 6.45) is 0. The van der Waals surface area contributed by atoms with Crippen molar-refractivity contribution in [1.29, 1.82) is 0 Å². The van der Waals surface area contributed by atoms with Gasteiger partial charge in [-0.25, -0.2) is 3.11 Å². The summed E-state index contributed by atoms with van der Waals surface area (Å²) >= 11 is 2.27. The molecule has 1 rings (SSSR count). The van der Waals surface area contributed by atoms with Crippen LogP contribution < -0.4 is 0 Å². The van der Waals surface area contributed by atoms with Crippen LogP contribution in [0, 0.1) is 0 Å².